The lowest BCUT2D eigenvalue weighted by Crippen LogP contribution is -2.19. The van der Waals surface area contributed by atoms with E-state index in [1.165, 1.54) is 11.1 Å². The van der Waals surface area contributed by atoms with Crippen molar-refractivity contribution in [1.82, 2.24) is 0 Å². The molecular weight excluding hydrogens is 276 g/mol. The molecule has 1 aromatic carbocycles. The summed E-state index contributed by atoms with van der Waals surface area (Å²) in [6.07, 6.45) is 0. The van der Waals surface area contributed by atoms with Gasteiger partial charge in [-0.1, -0.05) is 53.8 Å². The molecule has 0 fully saturated rings. The van der Waals surface area contributed by atoms with Gasteiger partial charge in [0.1, 0.15) is 0 Å². The lowest BCUT2D eigenvalue weighted by Gasteiger charge is -2.29. The van der Waals surface area contributed by atoms with Crippen molar-refractivity contribution < 1.29 is 0 Å². The van der Waals surface area contributed by atoms with E-state index in [2.05, 4.69) is 66.3 Å². The zero-order valence-corrected chi connectivity index (χ0v) is 14.6. The quantitative estimate of drug-likeness (QED) is 0.532. The number of benzene rings is 1. The van der Waals surface area contributed by atoms with Gasteiger partial charge in [0.15, 0.2) is 0 Å². The molecule has 3 heteroatoms. The van der Waals surface area contributed by atoms with Crippen LogP contribution >= 0.6 is 37.5 Å². The highest BCUT2D eigenvalue weighted by molar-refractivity contribution is 8.11. The molecule has 0 heterocycles. The van der Waals surface area contributed by atoms with Crippen LogP contribution in [0.5, 0.6) is 0 Å². The molecule has 0 aliphatic heterocycles. The highest BCUT2D eigenvalue weighted by Gasteiger charge is 2.25. The monoisotopic (exact) mass is 298 g/mol. The Bertz CT molecular complexity index is 438. The van der Waals surface area contributed by atoms with Gasteiger partial charge < -0.3 is 0 Å². The molecule has 0 bridgehead atoms. The molecule has 0 nitrogen and oxygen atoms in total. The van der Waals surface area contributed by atoms with Crippen LogP contribution in [0.3, 0.4) is 0 Å². The molecule has 100 valence electrons. The van der Waals surface area contributed by atoms with Crippen molar-refractivity contribution in [3.63, 3.8) is 0 Å². The van der Waals surface area contributed by atoms with Gasteiger partial charge in [0, 0.05) is 4.90 Å². The molecule has 0 N–H and O–H groups in total. The molecular formula is C15H22S3. The van der Waals surface area contributed by atoms with Crippen LogP contribution < -0.4 is 0 Å². The van der Waals surface area contributed by atoms with Gasteiger partial charge in [0.2, 0.25) is 0 Å². The van der Waals surface area contributed by atoms with E-state index >= 15 is 0 Å². The van der Waals surface area contributed by atoms with E-state index in [0.29, 0.717) is 4.20 Å². The molecule has 1 rings (SSSR count). The van der Waals surface area contributed by atoms with Gasteiger partial charge in [0.25, 0.3) is 0 Å². The Hall–Kier alpha value is 0.01000. The fraction of sp³-hybridized carbons (Fsp3) is 0.533. The first kappa shape index (κ1) is 16.1. The average Bonchev–Trinajstić information content (AvgIpc) is 2.13. The van der Waals surface area contributed by atoms with Crippen LogP contribution in [0.2, 0.25) is 0 Å². The Balaban J connectivity index is 3.64. The fourth-order valence-electron chi connectivity index (χ4n) is 1.90. The third-order valence-electron chi connectivity index (χ3n) is 2.97. The molecule has 18 heavy (non-hydrogen) atoms. The van der Waals surface area contributed by atoms with Gasteiger partial charge in [-0.05, 0) is 39.7 Å². The molecule has 0 aromatic heterocycles. The lowest BCUT2D eigenvalue weighted by molar-refractivity contribution is 0.547. The van der Waals surface area contributed by atoms with Crippen LogP contribution in [0.15, 0.2) is 17.0 Å². The normalized spacial score (nSPS) is 12.7. The summed E-state index contributed by atoms with van der Waals surface area (Å²) in [5, 5.41) is 0. The van der Waals surface area contributed by atoms with Crippen molar-refractivity contribution in [3.8, 4) is 0 Å². The molecule has 0 radical (unpaired) electrons. The minimum Gasteiger partial charge on any atom is -0.143 e. The SMILES string of the molecule is CC(C)(C)c1cc(C(=S)S)cc(C(C)(C)C)c1S. The molecule has 0 saturated heterocycles. The maximum atomic E-state index is 5.21. The zero-order chi connectivity index (χ0) is 14.3. The summed E-state index contributed by atoms with van der Waals surface area (Å²) < 4.78 is 0.638. The van der Waals surface area contributed by atoms with E-state index in [0.717, 1.165) is 10.5 Å². The molecule has 0 atom stereocenters. The zero-order valence-electron chi connectivity index (χ0n) is 12.0. The molecule has 1 aromatic rings. The van der Waals surface area contributed by atoms with Gasteiger partial charge in [-0.2, -0.15) is 0 Å². The van der Waals surface area contributed by atoms with Crippen LogP contribution in [0.4, 0.5) is 0 Å². The number of thiocarbonyl (C=S) groups is 1. The Morgan fingerprint density at radius 1 is 0.944 bits per heavy atom. The minimum absolute atomic E-state index is 0.0473. The minimum atomic E-state index is 0.0473. The molecule has 0 aliphatic carbocycles. The number of hydrogen-bond donors (Lipinski definition) is 2. The molecule has 0 saturated carbocycles. The van der Waals surface area contributed by atoms with Crippen LogP contribution in [-0.4, -0.2) is 4.20 Å². The van der Waals surface area contributed by atoms with Gasteiger partial charge in [-0.3, -0.25) is 0 Å². The second kappa shape index (κ2) is 5.18. The second-order valence-corrected chi connectivity index (χ2v) is 8.33. The Morgan fingerprint density at radius 3 is 1.50 bits per heavy atom. The summed E-state index contributed by atoms with van der Waals surface area (Å²) in [7, 11) is 0. The van der Waals surface area contributed by atoms with E-state index in [4.69, 9.17) is 24.8 Å². The molecule has 0 amide bonds. The summed E-state index contributed by atoms with van der Waals surface area (Å²) in [6.45, 7) is 13.2. The van der Waals surface area contributed by atoms with E-state index in [9.17, 15) is 0 Å². The molecule has 0 spiro atoms. The first-order valence-corrected chi connectivity index (χ1v) is 7.36. The van der Waals surface area contributed by atoms with Crippen molar-refractivity contribution in [2.75, 3.05) is 0 Å². The topological polar surface area (TPSA) is 0 Å². The van der Waals surface area contributed by atoms with Crippen LogP contribution in [0.25, 0.3) is 0 Å². The second-order valence-electron chi connectivity index (χ2n) is 6.73. The van der Waals surface area contributed by atoms with Gasteiger partial charge >= 0.3 is 0 Å². The Labute approximate surface area is 127 Å². The van der Waals surface area contributed by atoms with Gasteiger partial charge in [-0.15, -0.1) is 25.3 Å². The van der Waals surface area contributed by atoms with Gasteiger partial charge in [-0.25, -0.2) is 0 Å². The predicted octanol–water partition coefficient (Wildman–Crippen LogP) is 5.18. The Morgan fingerprint density at radius 2 is 1.28 bits per heavy atom. The van der Waals surface area contributed by atoms with Crippen LogP contribution in [0, 0.1) is 0 Å². The van der Waals surface area contributed by atoms with Crippen LogP contribution in [0.1, 0.15) is 58.2 Å². The molecule has 0 aliphatic rings. The number of rotatable bonds is 1. The standard InChI is InChI=1S/C15H22S3/c1-14(2,3)10-7-9(13(17)18)8-11(12(10)16)15(4,5)6/h7-8,16H,1-6H3,(H,17,18). The maximum Gasteiger partial charge on any atom is 0.0748 e. The molecule has 0 unspecified atom stereocenters. The highest BCUT2D eigenvalue weighted by atomic mass is 32.1. The number of hydrogen-bond acceptors (Lipinski definition) is 2. The number of thiol groups is 2. The van der Waals surface area contributed by atoms with Crippen molar-refractivity contribution in [1.29, 1.82) is 0 Å². The summed E-state index contributed by atoms with van der Waals surface area (Å²) in [5.74, 6) is 0. The van der Waals surface area contributed by atoms with Crippen molar-refractivity contribution in [2.45, 2.75) is 57.3 Å². The highest BCUT2D eigenvalue weighted by Crippen LogP contribution is 2.37. The van der Waals surface area contributed by atoms with Crippen molar-refractivity contribution >= 4 is 41.7 Å². The Kier molecular flexibility index (Phi) is 4.62. The summed E-state index contributed by atoms with van der Waals surface area (Å²) in [6, 6.07) is 4.24. The van der Waals surface area contributed by atoms with Crippen molar-refractivity contribution in [3.05, 3.63) is 28.8 Å². The summed E-state index contributed by atoms with van der Waals surface area (Å²) in [5.41, 5.74) is 3.56. The first-order valence-electron chi connectivity index (χ1n) is 6.06. The van der Waals surface area contributed by atoms with Crippen LogP contribution in [-0.2, 0) is 10.8 Å². The summed E-state index contributed by atoms with van der Waals surface area (Å²) in [4.78, 5) is 1.07. The summed E-state index contributed by atoms with van der Waals surface area (Å²) >= 11 is 14.3. The van der Waals surface area contributed by atoms with E-state index in [1.807, 2.05) is 0 Å². The lowest BCUT2D eigenvalue weighted by atomic mass is 9.79. The third kappa shape index (κ3) is 3.52. The van der Waals surface area contributed by atoms with Crippen molar-refractivity contribution in [2.24, 2.45) is 0 Å². The predicted molar refractivity (Wildman–Crippen MR) is 91.8 cm³/mol. The van der Waals surface area contributed by atoms with E-state index in [1.54, 1.807) is 0 Å². The van der Waals surface area contributed by atoms with E-state index in [-0.39, 0.29) is 10.8 Å². The van der Waals surface area contributed by atoms with E-state index < -0.39 is 0 Å². The first-order chi connectivity index (χ1) is 7.94. The smallest absolute Gasteiger partial charge is 0.0748 e. The largest absolute Gasteiger partial charge is 0.143 e. The maximum absolute atomic E-state index is 5.21. The fourth-order valence-corrected chi connectivity index (χ4v) is 2.95. The third-order valence-corrected chi connectivity index (χ3v) is 3.95. The average molecular weight is 299 g/mol. The van der Waals surface area contributed by atoms with Gasteiger partial charge in [0.05, 0.1) is 4.20 Å².